The first-order valence-electron chi connectivity index (χ1n) is 22.3. The topological polar surface area (TPSA) is 39.1 Å². The Balaban J connectivity index is 1.26. The third-order valence-electron chi connectivity index (χ3n) is 13.3. The minimum atomic E-state index is -0.505. The summed E-state index contributed by atoms with van der Waals surface area (Å²) in [6.45, 7) is 6.36. The fraction of sp³-hybridized carbons (Fsp3) is 0.0690. The number of pyridine rings is 1. The number of benzene rings is 8. The molecule has 0 saturated carbocycles. The van der Waals surface area contributed by atoms with E-state index >= 15 is 0 Å². The zero-order chi connectivity index (χ0) is 43.4. The van der Waals surface area contributed by atoms with E-state index in [1.807, 2.05) is 6.07 Å². The van der Waals surface area contributed by atoms with Crippen LogP contribution in [0.25, 0.3) is 77.7 Å². The van der Waals surface area contributed by atoms with Crippen LogP contribution >= 0.6 is 0 Å². The highest BCUT2D eigenvalue weighted by Gasteiger charge is 2.43. The number of ether oxygens (including phenoxy) is 1. The largest absolute Gasteiger partial charge is 0.526 e. The summed E-state index contributed by atoms with van der Waals surface area (Å²) in [7, 11) is 0. The fourth-order valence-electron chi connectivity index (χ4n) is 10.3. The van der Waals surface area contributed by atoms with Crippen LogP contribution in [0.2, 0.25) is 0 Å². The number of hydrogen-bond donors (Lipinski definition) is 0. The number of rotatable bonds is 2. The van der Waals surface area contributed by atoms with Crippen molar-refractivity contribution in [2.24, 2.45) is 0 Å². The van der Waals surface area contributed by atoms with Gasteiger partial charge in [-0.2, -0.15) is 0 Å². The smallest absolute Gasteiger partial charge is 0.458 e. The Labute approximate surface area is 378 Å². The predicted octanol–water partition coefficient (Wildman–Crippen LogP) is 13.0. The van der Waals surface area contributed by atoms with Crippen molar-refractivity contribution in [2.75, 3.05) is 4.81 Å². The van der Waals surface area contributed by atoms with Gasteiger partial charge >= 0.3 is 6.98 Å². The molecule has 0 atom stereocenters. The van der Waals surface area contributed by atoms with Gasteiger partial charge in [0.15, 0.2) is 0 Å². The molecular weight excluding hydrogens is 793 g/mol. The minimum Gasteiger partial charge on any atom is -0.458 e. The molecule has 13 rings (SSSR count). The summed E-state index contributed by atoms with van der Waals surface area (Å²) in [4.78, 5) is 8.33. The Morgan fingerprint density at radius 1 is 0.508 bits per heavy atom. The van der Waals surface area contributed by atoms with Crippen LogP contribution in [0.5, 0.6) is 11.5 Å². The number of fused-ring (bicyclic) bond motifs is 17. The second-order valence-electron chi connectivity index (χ2n) is 18.2. The quantitative estimate of drug-likeness (QED) is 0.129. The fourth-order valence-corrected chi connectivity index (χ4v) is 10.3. The molecule has 0 aliphatic carbocycles. The number of imidazole rings is 1. The van der Waals surface area contributed by atoms with Crippen LogP contribution < -0.4 is 19.5 Å². The first kappa shape index (κ1) is 37.4. The van der Waals surface area contributed by atoms with Gasteiger partial charge in [-0.3, -0.25) is 4.57 Å². The minimum absolute atomic E-state index is 0.235. The van der Waals surface area contributed by atoms with Gasteiger partial charge in [0.05, 0.1) is 27.8 Å². The maximum Gasteiger partial charge on any atom is 0.526 e. The molecule has 0 saturated heterocycles. The molecule has 65 heavy (non-hydrogen) atoms. The van der Waals surface area contributed by atoms with Crippen molar-refractivity contribution in [2.45, 2.75) is 26.2 Å². The van der Waals surface area contributed by atoms with Crippen molar-refractivity contribution >= 4 is 56.8 Å². The second-order valence-corrected chi connectivity index (χ2v) is 18.2. The van der Waals surface area contributed by atoms with Gasteiger partial charge in [-0.1, -0.05) is 160 Å². The number of anilines is 2. The van der Waals surface area contributed by atoms with Gasteiger partial charge in [0.2, 0.25) is 6.33 Å². The summed E-state index contributed by atoms with van der Waals surface area (Å²) < 4.78 is 13.7. The van der Waals surface area contributed by atoms with Crippen molar-refractivity contribution in [3.63, 3.8) is 0 Å². The van der Waals surface area contributed by atoms with Gasteiger partial charge in [-0.15, -0.1) is 0 Å². The molecule has 8 aromatic carbocycles. The predicted molar refractivity (Wildman–Crippen MR) is 265 cm³/mol. The van der Waals surface area contributed by atoms with Gasteiger partial charge in [0.25, 0.3) is 0 Å². The van der Waals surface area contributed by atoms with Crippen molar-refractivity contribution < 1.29 is 9.21 Å². The molecule has 0 spiro atoms. The molecule has 2 aliphatic rings. The van der Waals surface area contributed by atoms with E-state index < -0.39 is 6.98 Å². The van der Waals surface area contributed by atoms with Crippen molar-refractivity contribution in [3.8, 4) is 56.4 Å². The standard InChI is InChI=1S/C58H42BN5O/c1-58(2,3)39-33-54-60-55(34-39)64(40-19-8-5-9-20-40)59-56-44(38-17-6-4-7-18-38)26-15-27-49(56)45-23-10-11-24-46(45)50-28-16-30-52-57(50)62(59)37-61(52)41-21-14-22-42(35-41)65-43-31-32-48-47-25-12-13-29-51(47)63(54)53(48)36-43/h4-36H,1-3H3. The first-order chi connectivity index (χ1) is 31.9. The Bertz CT molecular complexity index is 3700. The van der Waals surface area contributed by atoms with E-state index in [0.29, 0.717) is 0 Å². The maximum absolute atomic E-state index is 6.82. The molecule has 308 valence electrons. The normalized spacial score (nSPS) is 12.9. The molecule has 0 unspecified atom stereocenters. The van der Waals surface area contributed by atoms with Gasteiger partial charge in [-0.25, -0.2) is 4.98 Å². The Morgan fingerprint density at radius 3 is 1.95 bits per heavy atom. The molecule has 0 N–H and O–H groups in total. The molecule has 2 aliphatic heterocycles. The average Bonchev–Trinajstić information content (AvgIpc) is 3.89. The first-order valence-corrected chi connectivity index (χ1v) is 22.3. The van der Waals surface area contributed by atoms with Gasteiger partial charge in [0.1, 0.15) is 23.1 Å². The van der Waals surface area contributed by atoms with Gasteiger partial charge in [0, 0.05) is 28.0 Å². The van der Waals surface area contributed by atoms with Crippen molar-refractivity contribution in [1.82, 2.24) is 14.1 Å². The molecule has 7 heteroatoms. The third kappa shape index (κ3) is 5.82. The molecule has 3 aromatic heterocycles. The molecule has 8 bridgehead atoms. The maximum atomic E-state index is 6.82. The van der Waals surface area contributed by atoms with Crippen LogP contribution in [0, 0.1) is 6.33 Å². The Morgan fingerprint density at radius 2 is 1.12 bits per heavy atom. The van der Waals surface area contributed by atoms with E-state index in [0.717, 1.165) is 106 Å². The molecule has 6 nitrogen and oxygen atoms in total. The summed E-state index contributed by atoms with van der Waals surface area (Å²) in [5, 5.41) is 2.29. The van der Waals surface area contributed by atoms with E-state index in [1.165, 1.54) is 5.56 Å². The van der Waals surface area contributed by atoms with Crippen LogP contribution in [-0.4, -0.2) is 21.1 Å². The highest BCUT2D eigenvalue weighted by atomic mass is 16.5. The summed E-state index contributed by atoms with van der Waals surface area (Å²) in [5.41, 5.74) is 15.1. The van der Waals surface area contributed by atoms with Crippen LogP contribution in [0.15, 0.2) is 200 Å². The molecule has 5 heterocycles. The van der Waals surface area contributed by atoms with E-state index in [2.05, 4.69) is 240 Å². The number of nitrogens with zero attached hydrogens (tertiary/aromatic N) is 5. The second kappa shape index (κ2) is 14.2. The van der Waals surface area contributed by atoms with Crippen molar-refractivity contribution in [3.05, 3.63) is 212 Å². The third-order valence-corrected chi connectivity index (χ3v) is 13.3. The highest BCUT2D eigenvalue weighted by molar-refractivity contribution is 6.74. The molecule has 0 amide bonds. The number of hydrogen-bond acceptors (Lipinski definition) is 3. The summed E-state index contributed by atoms with van der Waals surface area (Å²) >= 11 is 0. The van der Waals surface area contributed by atoms with Gasteiger partial charge in [-0.05, 0) is 99.0 Å². The van der Waals surface area contributed by atoms with Crippen LogP contribution in [-0.2, 0) is 5.41 Å². The zero-order valence-corrected chi connectivity index (χ0v) is 36.3. The lowest BCUT2D eigenvalue weighted by atomic mass is 9.58. The van der Waals surface area contributed by atoms with E-state index in [9.17, 15) is 0 Å². The average molecular weight is 836 g/mol. The summed E-state index contributed by atoms with van der Waals surface area (Å²) in [5.74, 6) is 3.13. The lowest BCUT2D eigenvalue weighted by molar-refractivity contribution is -0.511. The SMILES string of the molecule is CC(C)(C)c1cc2nc(c1)-n1c3ccccc3c3ccc(cc31)Oc1cccc(c1)-n1[c-][n+]3c4c(cccc41)-c1ccccc1-c1cccc(-c4ccccc4)c1B3N2c1ccccc1. The van der Waals surface area contributed by atoms with Crippen LogP contribution in [0.3, 0.4) is 0 Å². The zero-order valence-electron chi connectivity index (χ0n) is 36.3. The Kier molecular flexibility index (Phi) is 8.16. The molecular formula is C58H42BN5O. The Hall–Kier alpha value is -8.16. The summed E-state index contributed by atoms with van der Waals surface area (Å²) in [6, 6.07) is 71.9. The monoisotopic (exact) mass is 835 g/mol. The van der Waals surface area contributed by atoms with E-state index in [4.69, 9.17) is 9.72 Å². The number of aromatic nitrogens is 4. The molecule has 11 aromatic rings. The van der Waals surface area contributed by atoms with Gasteiger partial charge < -0.3 is 18.6 Å². The highest BCUT2D eigenvalue weighted by Crippen LogP contribution is 2.42. The molecule has 0 radical (unpaired) electrons. The lowest BCUT2D eigenvalue weighted by Gasteiger charge is -2.34. The van der Waals surface area contributed by atoms with E-state index in [1.54, 1.807) is 0 Å². The van der Waals surface area contributed by atoms with Crippen molar-refractivity contribution in [1.29, 1.82) is 0 Å². The molecule has 0 fully saturated rings. The number of para-hydroxylation sites is 3. The van der Waals surface area contributed by atoms with Crippen LogP contribution in [0.4, 0.5) is 11.5 Å². The van der Waals surface area contributed by atoms with E-state index in [-0.39, 0.29) is 5.41 Å². The lowest BCUT2D eigenvalue weighted by Crippen LogP contribution is -2.68. The van der Waals surface area contributed by atoms with Crippen LogP contribution in [0.1, 0.15) is 26.3 Å². The summed E-state index contributed by atoms with van der Waals surface area (Å²) in [6.07, 6.45) is 4.04.